The van der Waals surface area contributed by atoms with Gasteiger partial charge in [-0.25, -0.2) is 15.6 Å². The van der Waals surface area contributed by atoms with Gasteiger partial charge >= 0.3 is 6.09 Å². The summed E-state index contributed by atoms with van der Waals surface area (Å²) in [7, 11) is 0. The number of nitrogens with two attached hydrogens (primary N) is 1. The summed E-state index contributed by atoms with van der Waals surface area (Å²) in [5, 5.41) is 9.10. The van der Waals surface area contributed by atoms with E-state index in [0.717, 1.165) is 24.3 Å². The molecule has 0 heterocycles. The summed E-state index contributed by atoms with van der Waals surface area (Å²) < 4.78 is 0. The topological polar surface area (TPSA) is 66.6 Å². The van der Waals surface area contributed by atoms with Crippen LogP contribution in [0.2, 0.25) is 0 Å². The molecule has 10 heavy (non-hydrogen) atoms. The molecule has 1 amide bonds. The van der Waals surface area contributed by atoms with Gasteiger partial charge in [0.25, 0.3) is 0 Å². The number of rotatable bonds is 4. The van der Waals surface area contributed by atoms with Gasteiger partial charge in [0.15, 0.2) is 0 Å². The summed E-state index contributed by atoms with van der Waals surface area (Å²) in [4.78, 5) is 10.1. The van der Waals surface area contributed by atoms with Crippen LogP contribution in [0, 0.1) is 0 Å². The lowest BCUT2D eigenvalue weighted by atomic mass is 10.2. The maximum absolute atomic E-state index is 10.1. The molecule has 0 atom stereocenters. The van der Waals surface area contributed by atoms with Gasteiger partial charge in [-0.05, 0) is 6.42 Å². The number of carboxylic acid groups (broad SMARTS) is 1. The Morgan fingerprint density at radius 2 is 2.20 bits per heavy atom. The van der Waals surface area contributed by atoms with Crippen molar-refractivity contribution in [1.82, 2.24) is 5.01 Å². The minimum absolute atomic E-state index is 0.434. The molecule has 0 radical (unpaired) electrons. The van der Waals surface area contributed by atoms with Crippen molar-refractivity contribution in [2.45, 2.75) is 26.2 Å². The summed E-state index contributed by atoms with van der Waals surface area (Å²) in [5.74, 6) is 5.09. The van der Waals surface area contributed by atoms with Gasteiger partial charge < -0.3 is 5.11 Å². The Bertz CT molecular complexity index is 106. The quantitative estimate of drug-likeness (QED) is 0.269. The van der Waals surface area contributed by atoms with E-state index in [9.17, 15) is 4.79 Å². The number of hydrogen-bond donors (Lipinski definition) is 2. The van der Waals surface area contributed by atoms with Crippen molar-refractivity contribution in [3.63, 3.8) is 0 Å². The summed E-state index contributed by atoms with van der Waals surface area (Å²) in [6.07, 6.45) is 1.89. The SMILES string of the molecule is CCCCCN(N)C(=O)O. The molecule has 0 fully saturated rings. The van der Waals surface area contributed by atoms with E-state index in [1.165, 1.54) is 0 Å². The van der Waals surface area contributed by atoms with Crippen LogP contribution in [0.25, 0.3) is 0 Å². The van der Waals surface area contributed by atoms with Gasteiger partial charge in [0.1, 0.15) is 0 Å². The van der Waals surface area contributed by atoms with Crippen LogP contribution in [0.4, 0.5) is 4.79 Å². The van der Waals surface area contributed by atoms with Crippen molar-refractivity contribution in [2.24, 2.45) is 5.84 Å². The highest BCUT2D eigenvalue weighted by Gasteiger charge is 2.03. The van der Waals surface area contributed by atoms with Crippen LogP contribution in [-0.2, 0) is 0 Å². The molecule has 0 aliphatic heterocycles. The average Bonchev–Trinajstić information content (AvgIpc) is 1.88. The number of unbranched alkanes of at least 4 members (excludes halogenated alkanes) is 2. The van der Waals surface area contributed by atoms with Crippen molar-refractivity contribution >= 4 is 6.09 Å². The van der Waals surface area contributed by atoms with Crippen LogP contribution in [-0.4, -0.2) is 22.8 Å². The van der Waals surface area contributed by atoms with Crippen molar-refractivity contribution in [2.75, 3.05) is 6.54 Å². The van der Waals surface area contributed by atoms with E-state index in [-0.39, 0.29) is 0 Å². The minimum atomic E-state index is -1.06. The second-order valence-electron chi connectivity index (χ2n) is 2.18. The van der Waals surface area contributed by atoms with Gasteiger partial charge in [-0.1, -0.05) is 19.8 Å². The van der Waals surface area contributed by atoms with Gasteiger partial charge in [-0.3, -0.25) is 0 Å². The third kappa shape index (κ3) is 4.14. The molecule has 3 N–H and O–H groups in total. The Morgan fingerprint density at radius 3 is 2.60 bits per heavy atom. The van der Waals surface area contributed by atoms with E-state index >= 15 is 0 Å². The summed E-state index contributed by atoms with van der Waals surface area (Å²) in [5.41, 5.74) is 0. The maximum Gasteiger partial charge on any atom is 0.421 e. The first kappa shape index (κ1) is 9.23. The van der Waals surface area contributed by atoms with Crippen molar-refractivity contribution in [1.29, 1.82) is 0 Å². The third-order valence-electron chi connectivity index (χ3n) is 1.25. The van der Waals surface area contributed by atoms with Crippen LogP contribution in [0.15, 0.2) is 0 Å². The van der Waals surface area contributed by atoms with E-state index in [1.807, 2.05) is 0 Å². The molecular weight excluding hydrogens is 132 g/mol. The second kappa shape index (κ2) is 5.05. The highest BCUT2D eigenvalue weighted by atomic mass is 16.4. The van der Waals surface area contributed by atoms with Crippen molar-refractivity contribution < 1.29 is 9.90 Å². The lowest BCUT2D eigenvalue weighted by molar-refractivity contribution is 0.145. The van der Waals surface area contributed by atoms with Crippen molar-refractivity contribution in [3.8, 4) is 0 Å². The Balaban J connectivity index is 3.21. The van der Waals surface area contributed by atoms with Gasteiger partial charge in [0.2, 0.25) is 0 Å². The first-order valence-corrected chi connectivity index (χ1v) is 3.43. The zero-order valence-electron chi connectivity index (χ0n) is 6.21. The molecule has 0 spiro atoms. The molecule has 0 unspecified atom stereocenters. The van der Waals surface area contributed by atoms with E-state index in [0.29, 0.717) is 6.54 Å². The van der Waals surface area contributed by atoms with E-state index in [4.69, 9.17) is 10.9 Å². The lowest BCUT2D eigenvalue weighted by Gasteiger charge is -2.10. The smallest absolute Gasteiger partial charge is 0.421 e. The molecule has 4 heteroatoms. The van der Waals surface area contributed by atoms with Crippen LogP contribution >= 0.6 is 0 Å². The van der Waals surface area contributed by atoms with Crippen LogP contribution in [0.3, 0.4) is 0 Å². The lowest BCUT2D eigenvalue weighted by Crippen LogP contribution is -2.36. The third-order valence-corrected chi connectivity index (χ3v) is 1.25. The minimum Gasteiger partial charge on any atom is -0.464 e. The first-order valence-electron chi connectivity index (χ1n) is 3.43. The molecule has 0 saturated heterocycles. The Labute approximate surface area is 60.6 Å². The monoisotopic (exact) mass is 146 g/mol. The number of hydrazine groups is 1. The molecule has 0 aliphatic rings. The highest BCUT2D eigenvalue weighted by molar-refractivity contribution is 5.63. The van der Waals surface area contributed by atoms with Gasteiger partial charge in [0.05, 0.1) is 0 Å². The fourth-order valence-electron chi connectivity index (χ4n) is 0.628. The number of carbonyl (C=O) groups is 1. The summed E-state index contributed by atoms with van der Waals surface area (Å²) in [6.45, 7) is 2.49. The number of nitrogens with zero attached hydrogens (tertiary/aromatic N) is 1. The zero-order chi connectivity index (χ0) is 7.98. The standard InChI is InChI=1S/C6H14N2O2/c1-2-3-4-5-8(7)6(9)10/h2-5,7H2,1H3,(H,9,10). The maximum atomic E-state index is 10.1. The molecule has 0 aromatic heterocycles. The fourth-order valence-corrected chi connectivity index (χ4v) is 0.628. The van der Waals surface area contributed by atoms with Crippen molar-refractivity contribution in [3.05, 3.63) is 0 Å². The summed E-state index contributed by atoms with van der Waals surface area (Å²) >= 11 is 0. The summed E-state index contributed by atoms with van der Waals surface area (Å²) in [6, 6.07) is 0. The molecule has 4 nitrogen and oxygen atoms in total. The highest BCUT2D eigenvalue weighted by Crippen LogP contribution is 1.94. The largest absolute Gasteiger partial charge is 0.464 e. The van der Waals surface area contributed by atoms with Crippen LogP contribution in [0.5, 0.6) is 0 Å². The second-order valence-corrected chi connectivity index (χ2v) is 2.18. The molecule has 0 rings (SSSR count). The Morgan fingerprint density at radius 1 is 1.60 bits per heavy atom. The number of amides is 1. The van der Waals surface area contributed by atoms with E-state index < -0.39 is 6.09 Å². The van der Waals surface area contributed by atoms with Gasteiger partial charge in [-0.2, -0.15) is 0 Å². The fraction of sp³-hybridized carbons (Fsp3) is 0.833. The van der Waals surface area contributed by atoms with Gasteiger partial charge in [-0.15, -0.1) is 0 Å². The Hall–Kier alpha value is -0.770. The van der Waals surface area contributed by atoms with Crippen LogP contribution < -0.4 is 5.84 Å². The predicted octanol–water partition coefficient (Wildman–Crippen LogP) is 1.03. The zero-order valence-corrected chi connectivity index (χ0v) is 6.21. The molecule has 0 aromatic carbocycles. The predicted molar refractivity (Wildman–Crippen MR) is 38.4 cm³/mol. The normalized spacial score (nSPS) is 9.40. The molecule has 0 aliphatic carbocycles. The van der Waals surface area contributed by atoms with Gasteiger partial charge in [0, 0.05) is 6.54 Å². The number of hydrogen-bond acceptors (Lipinski definition) is 2. The average molecular weight is 146 g/mol. The molecule has 0 bridgehead atoms. The molecule has 0 aromatic rings. The molecule has 60 valence electrons. The first-order chi connectivity index (χ1) is 4.68. The van der Waals surface area contributed by atoms with Crippen LogP contribution in [0.1, 0.15) is 26.2 Å². The molecule has 0 saturated carbocycles. The Kier molecular flexibility index (Phi) is 4.66. The van der Waals surface area contributed by atoms with E-state index in [2.05, 4.69) is 6.92 Å². The molecular formula is C6H14N2O2. The van der Waals surface area contributed by atoms with E-state index in [1.54, 1.807) is 0 Å².